The molecule has 0 aliphatic carbocycles. The van der Waals surface area contributed by atoms with Crippen LogP contribution in [0.15, 0.2) is 53.6 Å². The summed E-state index contributed by atoms with van der Waals surface area (Å²) in [5.41, 5.74) is 0.441. The maximum absolute atomic E-state index is 13.5. The van der Waals surface area contributed by atoms with Gasteiger partial charge < -0.3 is 9.30 Å². The van der Waals surface area contributed by atoms with Crippen molar-refractivity contribution in [2.75, 3.05) is 7.11 Å². The first-order valence-corrected chi connectivity index (χ1v) is 9.78. The largest absolute Gasteiger partial charge is 0.495 e. The molecule has 28 heavy (non-hydrogen) atoms. The number of nitrogens with one attached hydrogen (secondary N) is 1. The van der Waals surface area contributed by atoms with Gasteiger partial charge >= 0.3 is 0 Å². The normalized spacial score (nSPS) is 11.3. The number of nitrogens with zero attached hydrogens (tertiary/aromatic N) is 2. The highest BCUT2D eigenvalue weighted by Crippen LogP contribution is 2.27. The van der Waals surface area contributed by atoms with E-state index in [1.54, 1.807) is 35.9 Å². The Morgan fingerprint density at radius 1 is 1.25 bits per heavy atom. The predicted molar refractivity (Wildman–Crippen MR) is 101 cm³/mol. The molecule has 0 fully saturated rings. The highest BCUT2D eigenvalue weighted by molar-refractivity contribution is 7.90. The minimum atomic E-state index is -4.39. The number of hydrogen-bond donors (Lipinski definition) is 1. The van der Waals surface area contributed by atoms with E-state index in [1.165, 1.54) is 13.3 Å². The molecule has 1 N–H and O–H groups in total. The smallest absolute Gasteiger partial charge is 0.285 e. The Balaban J connectivity index is 1.93. The maximum atomic E-state index is 13.5. The van der Waals surface area contributed by atoms with E-state index in [2.05, 4.69) is 4.98 Å². The SMILES string of the molecule is COc1ccc(F)cc1S(=O)(=O)NC(=O)c1cn(C)c(-c2ccccc2Cl)n1. The van der Waals surface area contributed by atoms with E-state index in [0.717, 1.165) is 18.2 Å². The van der Waals surface area contributed by atoms with Crippen molar-refractivity contribution in [1.82, 2.24) is 14.3 Å². The van der Waals surface area contributed by atoms with Gasteiger partial charge in [-0.25, -0.2) is 22.5 Å². The number of methoxy groups -OCH3 is 1. The lowest BCUT2D eigenvalue weighted by molar-refractivity contribution is 0.0977. The summed E-state index contributed by atoms with van der Waals surface area (Å²) in [4.78, 5) is 16.1. The standard InChI is InChI=1S/C18H15ClFN3O4S/c1-23-10-14(21-17(23)12-5-3-4-6-13(12)19)18(24)22-28(25,26)16-9-11(20)7-8-15(16)27-2/h3-10H,1-2H3,(H,22,24). The lowest BCUT2D eigenvalue weighted by Crippen LogP contribution is -2.31. The Hall–Kier alpha value is -2.91. The topological polar surface area (TPSA) is 90.3 Å². The number of hydrogen-bond acceptors (Lipinski definition) is 5. The lowest BCUT2D eigenvalue weighted by atomic mass is 10.2. The lowest BCUT2D eigenvalue weighted by Gasteiger charge is -2.10. The zero-order chi connectivity index (χ0) is 20.5. The molecular weight excluding hydrogens is 409 g/mol. The number of benzene rings is 2. The van der Waals surface area contributed by atoms with E-state index in [0.29, 0.717) is 16.4 Å². The number of amides is 1. The van der Waals surface area contributed by atoms with Gasteiger partial charge in [-0.15, -0.1) is 0 Å². The highest BCUT2D eigenvalue weighted by Gasteiger charge is 2.25. The van der Waals surface area contributed by atoms with Crippen molar-refractivity contribution < 1.29 is 22.3 Å². The Labute approximate surface area is 165 Å². The second kappa shape index (κ2) is 7.61. The number of halogens is 2. The molecule has 0 bridgehead atoms. The van der Waals surface area contributed by atoms with Gasteiger partial charge in [0, 0.05) is 18.8 Å². The molecule has 3 aromatic rings. The maximum Gasteiger partial charge on any atom is 0.285 e. The third kappa shape index (κ3) is 3.85. The molecule has 0 atom stereocenters. The third-order valence-electron chi connectivity index (χ3n) is 3.87. The van der Waals surface area contributed by atoms with Crippen molar-refractivity contribution in [2.45, 2.75) is 4.90 Å². The summed E-state index contributed by atoms with van der Waals surface area (Å²) in [6, 6.07) is 9.88. The molecule has 0 radical (unpaired) electrons. The average Bonchev–Trinajstić information content (AvgIpc) is 3.03. The van der Waals surface area contributed by atoms with Crippen LogP contribution in [0.2, 0.25) is 5.02 Å². The summed E-state index contributed by atoms with van der Waals surface area (Å²) in [5.74, 6) is -1.47. The summed E-state index contributed by atoms with van der Waals surface area (Å²) >= 11 is 6.16. The molecule has 3 rings (SSSR count). The fourth-order valence-electron chi connectivity index (χ4n) is 2.56. The summed E-state index contributed by atoms with van der Waals surface area (Å²) in [6.07, 6.45) is 1.37. The van der Waals surface area contributed by atoms with Crippen LogP contribution in [0.3, 0.4) is 0 Å². The molecule has 1 amide bonds. The second-order valence-corrected chi connectivity index (χ2v) is 7.83. The van der Waals surface area contributed by atoms with Crippen molar-refractivity contribution in [2.24, 2.45) is 7.05 Å². The third-order valence-corrected chi connectivity index (χ3v) is 5.55. The molecule has 0 aliphatic rings. The first-order chi connectivity index (χ1) is 13.2. The van der Waals surface area contributed by atoms with Gasteiger partial charge in [0.1, 0.15) is 28.0 Å². The van der Waals surface area contributed by atoms with Crippen LogP contribution < -0.4 is 9.46 Å². The quantitative estimate of drug-likeness (QED) is 0.681. The molecule has 2 aromatic carbocycles. The fraction of sp³-hybridized carbons (Fsp3) is 0.111. The number of aromatic nitrogens is 2. The predicted octanol–water partition coefficient (Wildman–Crippen LogP) is 3.01. The number of carbonyl (C=O) groups is 1. The average molecular weight is 424 g/mol. The van der Waals surface area contributed by atoms with Gasteiger partial charge in [0.05, 0.1) is 12.1 Å². The number of aryl methyl sites for hydroxylation is 1. The van der Waals surface area contributed by atoms with Gasteiger partial charge in [-0.1, -0.05) is 23.7 Å². The highest BCUT2D eigenvalue weighted by atomic mass is 35.5. The van der Waals surface area contributed by atoms with Crippen LogP contribution in [-0.4, -0.2) is 31.0 Å². The molecule has 1 aromatic heterocycles. The Morgan fingerprint density at radius 2 is 1.96 bits per heavy atom. The summed E-state index contributed by atoms with van der Waals surface area (Å²) in [5, 5.41) is 0.431. The zero-order valence-corrected chi connectivity index (χ0v) is 16.4. The van der Waals surface area contributed by atoms with Crippen molar-refractivity contribution >= 4 is 27.5 Å². The molecule has 7 nitrogen and oxygen atoms in total. The van der Waals surface area contributed by atoms with Gasteiger partial charge in [-0.2, -0.15) is 0 Å². The van der Waals surface area contributed by atoms with Crippen molar-refractivity contribution in [3.05, 3.63) is 65.2 Å². The number of imidazole rings is 1. The first-order valence-electron chi connectivity index (χ1n) is 7.92. The number of rotatable bonds is 5. The summed E-state index contributed by atoms with van der Waals surface area (Å²) in [7, 11) is -1.50. The van der Waals surface area contributed by atoms with E-state index >= 15 is 0 Å². The van der Waals surface area contributed by atoms with Crippen LogP contribution >= 0.6 is 11.6 Å². The van der Waals surface area contributed by atoms with Crippen molar-refractivity contribution in [3.8, 4) is 17.1 Å². The van der Waals surface area contributed by atoms with E-state index in [9.17, 15) is 17.6 Å². The Kier molecular flexibility index (Phi) is 5.39. The molecule has 0 saturated heterocycles. The van der Waals surface area contributed by atoms with Gasteiger partial charge in [-0.3, -0.25) is 4.79 Å². The second-order valence-electron chi connectivity index (χ2n) is 5.77. The minimum Gasteiger partial charge on any atom is -0.495 e. The molecular formula is C18H15ClFN3O4S. The summed E-state index contributed by atoms with van der Waals surface area (Å²) in [6.45, 7) is 0. The van der Waals surface area contributed by atoms with Gasteiger partial charge in [-0.05, 0) is 30.3 Å². The molecule has 0 saturated carbocycles. The minimum absolute atomic E-state index is 0.0977. The van der Waals surface area contributed by atoms with Gasteiger partial charge in [0.15, 0.2) is 0 Å². The number of sulfonamides is 1. The molecule has 10 heteroatoms. The van der Waals surface area contributed by atoms with Crippen molar-refractivity contribution in [1.29, 1.82) is 0 Å². The molecule has 0 aliphatic heterocycles. The number of ether oxygens (including phenoxy) is 1. The fourth-order valence-corrected chi connectivity index (χ4v) is 3.92. The number of carbonyl (C=O) groups excluding carboxylic acids is 1. The van der Waals surface area contributed by atoms with E-state index in [4.69, 9.17) is 16.3 Å². The first kappa shape index (κ1) is 19.8. The van der Waals surface area contributed by atoms with E-state index in [1.807, 2.05) is 4.72 Å². The van der Waals surface area contributed by atoms with Crippen LogP contribution in [0.1, 0.15) is 10.5 Å². The van der Waals surface area contributed by atoms with Crippen LogP contribution in [0, 0.1) is 5.82 Å². The Morgan fingerprint density at radius 3 is 2.64 bits per heavy atom. The monoisotopic (exact) mass is 423 g/mol. The van der Waals surface area contributed by atoms with Crippen LogP contribution in [0.5, 0.6) is 5.75 Å². The Bertz CT molecular complexity index is 1160. The zero-order valence-electron chi connectivity index (χ0n) is 14.8. The van der Waals surface area contributed by atoms with E-state index < -0.39 is 26.6 Å². The van der Waals surface area contributed by atoms with Crippen LogP contribution in [-0.2, 0) is 17.1 Å². The molecule has 0 spiro atoms. The van der Waals surface area contributed by atoms with Crippen LogP contribution in [0.25, 0.3) is 11.4 Å². The van der Waals surface area contributed by atoms with Gasteiger partial charge in [0.2, 0.25) is 0 Å². The van der Waals surface area contributed by atoms with Crippen molar-refractivity contribution in [3.63, 3.8) is 0 Å². The van der Waals surface area contributed by atoms with Crippen LogP contribution in [0.4, 0.5) is 4.39 Å². The van der Waals surface area contributed by atoms with E-state index in [-0.39, 0.29) is 11.4 Å². The molecule has 146 valence electrons. The summed E-state index contributed by atoms with van der Waals surface area (Å²) < 4.78 is 46.9. The molecule has 0 unspecified atom stereocenters. The van der Waals surface area contributed by atoms with Gasteiger partial charge in [0.25, 0.3) is 15.9 Å². The molecule has 1 heterocycles.